The summed E-state index contributed by atoms with van der Waals surface area (Å²) in [7, 11) is 1.36. The number of esters is 1. The fourth-order valence-electron chi connectivity index (χ4n) is 2.18. The second-order valence-corrected chi connectivity index (χ2v) is 4.72. The maximum Gasteiger partial charge on any atom is 0.337 e. The van der Waals surface area contributed by atoms with E-state index < -0.39 is 0 Å². The van der Waals surface area contributed by atoms with Gasteiger partial charge in [-0.2, -0.15) is 10.2 Å². The molecule has 0 amide bonds. The molecular weight excluding hydrogens is 284 g/mol. The van der Waals surface area contributed by atoms with Gasteiger partial charge in [-0.1, -0.05) is 6.07 Å². The summed E-state index contributed by atoms with van der Waals surface area (Å²) >= 11 is 0. The van der Waals surface area contributed by atoms with E-state index >= 15 is 0 Å². The Morgan fingerprint density at radius 2 is 1.55 bits per heavy atom. The predicted molar refractivity (Wildman–Crippen MR) is 76.0 cm³/mol. The average Bonchev–Trinajstić information content (AvgIpc) is 3.20. The van der Waals surface area contributed by atoms with Crippen LogP contribution in [0.3, 0.4) is 0 Å². The topological polar surface area (TPSA) is 87.7 Å². The molecule has 0 aliphatic carbocycles. The van der Waals surface area contributed by atoms with Crippen molar-refractivity contribution in [2.24, 2.45) is 0 Å². The van der Waals surface area contributed by atoms with E-state index in [1.165, 1.54) is 19.8 Å². The lowest BCUT2D eigenvalue weighted by Gasteiger charge is -2.09. The van der Waals surface area contributed by atoms with E-state index in [9.17, 15) is 4.79 Å². The Kier molecular flexibility index (Phi) is 3.90. The zero-order valence-electron chi connectivity index (χ0n) is 12.0. The van der Waals surface area contributed by atoms with E-state index in [2.05, 4.69) is 20.2 Å². The minimum absolute atomic E-state index is 0.375. The molecule has 0 spiro atoms. The number of nitrogens with zero attached hydrogens (tertiary/aromatic N) is 6. The van der Waals surface area contributed by atoms with Crippen LogP contribution in [0.2, 0.25) is 0 Å². The van der Waals surface area contributed by atoms with Crippen molar-refractivity contribution in [1.29, 1.82) is 0 Å². The molecule has 2 aromatic heterocycles. The van der Waals surface area contributed by atoms with Crippen LogP contribution in [0.4, 0.5) is 0 Å². The molecule has 8 heteroatoms. The molecule has 22 heavy (non-hydrogen) atoms. The van der Waals surface area contributed by atoms with Crippen molar-refractivity contribution in [3.63, 3.8) is 0 Å². The number of hydrogen-bond donors (Lipinski definition) is 0. The van der Waals surface area contributed by atoms with Crippen LogP contribution in [0, 0.1) is 0 Å². The van der Waals surface area contributed by atoms with Crippen molar-refractivity contribution in [3.8, 4) is 0 Å². The number of ether oxygens (including phenoxy) is 1. The normalized spacial score (nSPS) is 10.6. The Morgan fingerprint density at radius 1 is 1.00 bits per heavy atom. The highest BCUT2D eigenvalue weighted by molar-refractivity contribution is 5.89. The van der Waals surface area contributed by atoms with E-state index in [0.29, 0.717) is 18.7 Å². The number of benzene rings is 1. The molecule has 8 nitrogen and oxygen atoms in total. The molecular formula is C14H14N6O2. The van der Waals surface area contributed by atoms with Crippen molar-refractivity contribution in [2.75, 3.05) is 7.11 Å². The van der Waals surface area contributed by atoms with Crippen molar-refractivity contribution in [2.45, 2.75) is 13.1 Å². The summed E-state index contributed by atoms with van der Waals surface area (Å²) in [6.07, 6.45) is 6.20. The van der Waals surface area contributed by atoms with Crippen LogP contribution in [0.1, 0.15) is 21.5 Å². The monoisotopic (exact) mass is 298 g/mol. The van der Waals surface area contributed by atoms with Crippen LogP contribution in [0.15, 0.2) is 43.5 Å². The first-order valence-electron chi connectivity index (χ1n) is 6.60. The molecule has 0 bridgehead atoms. The highest BCUT2D eigenvalue weighted by Crippen LogP contribution is 2.14. The smallest absolute Gasteiger partial charge is 0.337 e. The fraction of sp³-hybridized carbons (Fsp3) is 0.214. The molecule has 0 unspecified atom stereocenters. The molecule has 0 atom stereocenters. The molecule has 112 valence electrons. The van der Waals surface area contributed by atoms with Crippen LogP contribution >= 0.6 is 0 Å². The van der Waals surface area contributed by atoms with Crippen LogP contribution in [-0.4, -0.2) is 42.6 Å². The highest BCUT2D eigenvalue weighted by atomic mass is 16.5. The van der Waals surface area contributed by atoms with Crippen LogP contribution in [-0.2, 0) is 17.8 Å². The molecule has 3 rings (SSSR count). The summed E-state index contributed by atoms with van der Waals surface area (Å²) in [5.41, 5.74) is 2.36. The van der Waals surface area contributed by atoms with Crippen LogP contribution in [0.25, 0.3) is 0 Å². The number of carbonyl (C=O) groups excluding carboxylic acids is 1. The third-order valence-corrected chi connectivity index (χ3v) is 3.10. The maximum absolute atomic E-state index is 11.8. The first kappa shape index (κ1) is 13.9. The molecule has 3 aromatic rings. The van der Waals surface area contributed by atoms with Gasteiger partial charge in [0, 0.05) is 0 Å². The summed E-state index contributed by atoms with van der Waals surface area (Å²) < 4.78 is 8.19. The molecule has 0 fully saturated rings. The third-order valence-electron chi connectivity index (χ3n) is 3.10. The second kappa shape index (κ2) is 6.17. The minimum Gasteiger partial charge on any atom is -0.465 e. The van der Waals surface area contributed by atoms with Gasteiger partial charge in [-0.05, 0) is 23.3 Å². The summed E-state index contributed by atoms with van der Waals surface area (Å²) in [5, 5.41) is 8.15. The molecule has 2 heterocycles. The Bertz CT molecular complexity index is 697. The van der Waals surface area contributed by atoms with Gasteiger partial charge in [0.05, 0.1) is 25.8 Å². The quantitative estimate of drug-likeness (QED) is 0.646. The lowest BCUT2D eigenvalue weighted by atomic mass is 10.1. The second-order valence-electron chi connectivity index (χ2n) is 4.72. The minimum atomic E-state index is -0.375. The SMILES string of the molecule is COC(=O)c1cc(Cn2cncn2)cc(Cn2cncn2)c1. The lowest BCUT2D eigenvalue weighted by molar-refractivity contribution is 0.0600. The van der Waals surface area contributed by atoms with Crippen molar-refractivity contribution in [1.82, 2.24) is 29.5 Å². The van der Waals surface area contributed by atoms with Gasteiger partial charge in [-0.25, -0.2) is 24.1 Å². The first-order chi connectivity index (χ1) is 10.7. The Balaban J connectivity index is 1.92. The summed E-state index contributed by atoms with van der Waals surface area (Å²) in [6.45, 7) is 1.05. The Morgan fingerprint density at radius 3 is 1.95 bits per heavy atom. The average molecular weight is 298 g/mol. The molecule has 0 aliphatic rings. The Labute approximate surface area is 126 Å². The lowest BCUT2D eigenvalue weighted by Crippen LogP contribution is -2.08. The van der Waals surface area contributed by atoms with Crippen LogP contribution < -0.4 is 0 Å². The molecule has 0 saturated heterocycles. The number of aromatic nitrogens is 6. The summed E-state index contributed by atoms with van der Waals surface area (Å²) in [4.78, 5) is 19.7. The standard InChI is InChI=1S/C14H14N6O2/c1-22-14(21)13-3-11(5-19-9-15-7-17-19)2-12(4-13)6-20-10-16-8-18-20/h2-4,7-10H,5-6H2,1H3. The molecule has 1 aromatic carbocycles. The van der Waals surface area contributed by atoms with Crippen LogP contribution in [0.5, 0.6) is 0 Å². The zero-order valence-corrected chi connectivity index (χ0v) is 12.0. The van der Waals surface area contributed by atoms with E-state index in [-0.39, 0.29) is 5.97 Å². The summed E-state index contributed by atoms with van der Waals surface area (Å²) in [6, 6.07) is 5.58. The van der Waals surface area contributed by atoms with Gasteiger partial charge in [0.2, 0.25) is 0 Å². The zero-order chi connectivity index (χ0) is 15.4. The van der Waals surface area contributed by atoms with Crippen molar-refractivity contribution in [3.05, 3.63) is 60.2 Å². The van der Waals surface area contributed by atoms with Gasteiger partial charge < -0.3 is 4.74 Å². The van der Waals surface area contributed by atoms with Gasteiger partial charge in [-0.3, -0.25) is 0 Å². The van der Waals surface area contributed by atoms with Gasteiger partial charge in [0.15, 0.2) is 0 Å². The predicted octanol–water partition coefficient (Wildman–Crippen LogP) is 0.753. The van der Waals surface area contributed by atoms with Gasteiger partial charge in [0.1, 0.15) is 25.3 Å². The van der Waals surface area contributed by atoms with E-state index in [0.717, 1.165) is 11.1 Å². The number of carbonyl (C=O) groups is 1. The number of rotatable bonds is 5. The molecule has 0 radical (unpaired) electrons. The number of methoxy groups -OCH3 is 1. The summed E-state index contributed by atoms with van der Waals surface area (Å²) in [5.74, 6) is -0.375. The molecule has 0 N–H and O–H groups in total. The highest BCUT2D eigenvalue weighted by Gasteiger charge is 2.10. The fourth-order valence-corrected chi connectivity index (χ4v) is 2.18. The van der Waals surface area contributed by atoms with Gasteiger partial charge in [0.25, 0.3) is 0 Å². The third kappa shape index (κ3) is 3.17. The largest absolute Gasteiger partial charge is 0.465 e. The molecule has 0 saturated carbocycles. The van der Waals surface area contributed by atoms with E-state index in [1.54, 1.807) is 34.2 Å². The van der Waals surface area contributed by atoms with E-state index in [4.69, 9.17) is 4.74 Å². The van der Waals surface area contributed by atoms with Crippen molar-refractivity contribution >= 4 is 5.97 Å². The van der Waals surface area contributed by atoms with Gasteiger partial charge in [-0.15, -0.1) is 0 Å². The van der Waals surface area contributed by atoms with Gasteiger partial charge >= 0.3 is 5.97 Å². The number of hydrogen-bond acceptors (Lipinski definition) is 6. The van der Waals surface area contributed by atoms with Crippen molar-refractivity contribution < 1.29 is 9.53 Å². The molecule has 0 aliphatic heterocycles. The van der Waals surface area contributed by atoms with E-state index in [1.807, 2.05) is 6.07 Å². The first-order valence-corrected chi connectivity index (χ1v) is 6.60. The Hall–Kier alpha value is -3.03. The maximum atomic E-state index is 11.8.